The lowest BCUT2D eigenvalue weighted by molar-refractivity contribution is 0.470. The van der Waals surface area contributed by atoms with Crippen molar-refractivity contribution >= 4 is 21.5 Å². The van der Waals surface area contributed by atoms with Crippen LogP contribution in [0.2, 0.25) is 0 Å². The number of nitrogens with one attached hydrogen (secondary N) is 1. The van der Waals surface area contributed by atoms with E-state index in [1.807, 2.05) is 20.8 Å². The van der Waals surface area contributed by atoms with Gasteiger partial charge in [-0.3, -0.25) is 0 Å². The lowest BCUT2D eigenvalue weighted by Gasteiger charge is -2.16. The third-order valence-corrected chi connectivity index (χ3v) is 5.26. The van der Waals surface area contributed by atoms with E-state index >= 15 is 0 Å². The van der Waals surface area contributed by atoms with Crippen molar-refractivity contribution in [3.63, 3.8) is 0 Å². The number of anilines is 1. The number of aryl methyl sites for hydroxylation is 2. The summed E-state index contributed by atoms with van der Waals surface area (Å²) in [6.45, 7) is 9.31. The summed E-state index contributed by atoms with van der Waals surface area (Å²) in [4.78, 5) is 0.158. The van der Waals surface area contributed by atoms with E-state index in [2.05, 4.69) is 9.71 Å². The van der Waals surface area contributed by atoms with Crippen LogP contribution < -0.4 is 5.32 Å². The summed E-state index contributed by atoms with van der Waals surface area (Å²) in [6, 6.07) is 10.1. The molecule has 2 N–H and O–H groups in total. The maximum Gasteiger partial charge on any atom is 0.283 e. The van der Waals surface area contributed by atoms with Crippen molar-refractivity contribution < 1.29 is 13.5 Å². The minimum atomic E-state index is -3.77. The maximum atomic E-state index is 12.4. The van der Waals surface area contributed by atoms with Crippen molar-refractivity contribution in [2.24, 2.45) is 4.40 Å². The van der Waals surface area contributed by atoms with Gasteiger partial charge >= 0.3 is 0 Å². The Bertz CT molecular complexity index is 899. The molecule has 0 aliphatic rings. The largest absolute Gasteiger partial charge is 0.508 e. The molecule has 0 aliphatic carbocycles. The first kappa shape index (κ1) is 19.0. The summed E-state index contributed by atoms with van der Waals surface area (Å²) in [7, 11) is -3.77. The molecule has 0 atom stereocenters. The molecule has 0 aliphatic heterocycles. The minimum absolute atomic E-state index is 0.158. The van der Waals surface area contributed by atoms with Crippen LogP contribution in [0.15, 0.2) is 45.7 Å². The van der Waals surface area contributed by atoms with Gasteiger partial charge in [-0.2, -0.15) is 8.42 Å². The van der Waals surface area contributed by atoms with E-state index in [0.29, 0.717) is 5.56 Å². The molecule has 134 valence electrons. The molecule has 0 unspecified atom stereocenters. The fourth-order valence-electron chi connectivity index (χ4n) is 2.46. The summed E-state index contributed by atoms with van der Waals surface area (Å²) in [6.07, 6.45) is 0. The molecule has 2 rings (SSSR count). The molecule has 0 heterocycles. The topological polar surface area (TPSA) is 78.8 Å². The Morgan fingerprint density at radius 3 is 2.28 bits per heavy atom. The zero-order chi connectivity index (χ0) is 18.8. The first-order valence-electron chi connectivity index (χ1n) is 8.09. The van der Waals surface area contributed by atoms with Gasteiger partial charge < -0.3 is 10.4 Å². The first-order valence-corrected chi connectivity index (χ1v) is 9.53. The Morgan fingerprint density at radius 1 is 1.12 bits per heavy atom. The number of phenolic OH excluding ortho intramolecular Hbond substituents is 1. The number of benzene rings is 2. The number of aromatic hydroxyl groups is 1. The molecular formula is C19H24N2O3S. The van der Waals surface area contributed by atoms with Crippen molar-refractivity contribution in [3.8, 4) is 5.75 Å². The highest BCUT2D eigenvalue weighted by Gasteiger charge is 2.15. The van der Waals surface area contributed by atoms with Crippen LogP contribution in [0, 0.1) is 13.8 Å². The predicted molar refractivity (Wildman–Crippen MR) is 102 cm³/mol. The first-order chi connectivity index (χ1) is 11.6. The quantitative estimate of drug-likeness (QED) is 0.483. The molecule has 25 heavy (non-hydrogen) atoms. The number of nitrogens with zero attached hydrogens (tertiary/aromatic N) is 1. The second-order valence-electron chi connectivity index (χ2n) is 6.47. The molecule has 5 nitrogen and oxygen atoms in total. The van der Waals surface area contributed by atoms with Gasteiger partial charge in [0.2, 0.25) is 0 Å². The molecule has 2 aromatic carbocycles. The molecule has 0 bridgehead atoms. The van der Waals surface area contributed by atoms with Gasteiger partial charge in [-0.15, -0.1) is 4.40 Å². The predicted octanol–water partition coefficient (Wildman–Crippen LogP) is 4.35. The van der Waals surface area contributed by atoms with Crippen molar-refractivity contribution in [3.05, 3.63) is 53.1 Å². The van der Waals surface area contributed by atoms with Gasteiger partial charge in [0.05, 0.1) is 4.90 Å². The van der Waals surface area contributed by atoms with Crippen LogP contribution in [-0.2, 0) is 10.0 Å². The van der Waals surface area contributed by atoms with Gasteiger partial charge in [0.1, 0.15) is 11.6 Å². The van der Waals surface area contributed by atoms with E-state index in [0.717, 1.165) is 16.8 Å². The van der Waals surface area contributed by atoms with Crippen LogP contribution in [0.4, 0.5) is 5.69 Å². The van der Waals surface area contributed by atoms with Crippen LogP contribution in [0.25, 0.3) is 0 Å². The lowest BCUT2D eigenvalue weighted by atomic mass is 9.98. The number of phenols is 1. The van der Waals surface area contributed by atoms with Crippen LogP contribution >= 0.6 is 0 Å². The summed E-state index contributed by atoms with van der Waals surface area (Å²) >= 11 is 0. The molecule has 0 fully saturated rings. The smallest absolute Gasteiger partial charge is 0.283 e. The summed E-state index contributed by atoms with van der Waals surface area (Å²) in [5.74, 6) is 0.652. The monoisotopic (exact) mass is 360 g/mol. The van der Waals surface area contributed by atoms with E-state index in [1.54, 1.807) is 50.2 Å². The molecule has 0 aromatic heterocycles. The Kier molecular flexibility index (Phi) is 5.52. The average molecular weight is 360 g/mol. The Morgan fingerprint density at radius 2 is 1.72 bits per heavy atom. The number of hydrogen-bond acceptors (Lipinski definition) is 3. The van der Waals surface area contributed by atoms with Gasteiger partial charge in [0.25, 0.3) is 10.0 Å². The lowest BCUT2D eigenvalue weighted by Crippen LogP contribution is -2.13. The zero-order valence-electron chi connectivity index (χ0n) is 15.2. The van der Waals surface area contributed by atoms with E-state index < -0.39 is 10.0 Å². The van der Waals surface area contributed by atoms with Crippen molar-refractivity contribution in [1.82, 2.24) is 0 Å². The average Bonchev–Trinajstić information content (AvgIpc) is 2.50. The third-order valence-electron chi connectivity index (χ3n) is 3.88. The van der Waals surface area contributed by atoms with Gasteiger partial charge in [-0.05, 0) is 62.1 Å². The molecule has 0 amide bonds. The Labute approximate surface area is 149 Å². The normalized spacial score (nSPS) is 12.5. The summed E-state index contributed by atoms with van der Waals surface area (Å²) in [5.41, 5.74) is 3.33. The minimum Gasteiger partial charge on any atom is -0.508 e. The second kappa shape index (κ2) is 7.27. The van der Waals surface area contributed by atoms with Crippen LogP contribution in [0.5, 0.6) is 5.75 Å². The van der Waals surface area contributed by atoms with Crippen molar-refractivity contribution in [1.29, 1.82) is 0 Å². The Hall–Kier alpha value is -2.34. The van der Waals surface area contributed by atoms with E-state index in [1.165, 1.54) is 0 Å². The summed E-state index contributed by atoms with van der Waals surface area (Å²) < 4.78 is 28.7. The summed E-state index contributed by atoms with van der Waals surface area (Å²) in [5, 5.41) is 13.0. The highest BCUT2D eigenvalue weighted by atomic mass is 32.2. The van der Waals surface area contributed by atoms with Crippen LogP contribution in [0.1, 0.15) is 43.4 Å². The van der Waals surface area contributed by atoms with E-state index in [9.17, 15) is 13.5 Å². The van der Waals surface area contributed by atoms with E-state index in [4.69, 9.17) is 0 Å². The number of hydrogen-bond donors (Lipinski definition) is 2. The molecule has 6 heteroatoms. The van der Waals surface area contributed by atoms with Gasteiger partial charge in [-0.25, -0.2) is 0 Å². The van der Waals surface area contributed by atoms with E-state index in [-0.39, 0.29) is 22.4 Å². The molecule has 0 saturated carbocycles. The van der Waals surface area contributed by atoms with Crippen molar-refractivity contribution in [2.75, 3.05) is 5.32 Å². The Balaban J connectivity index is 2.36. The highest BCUT2D eigenvalue weighted by molar-refractivity contribution is 7.90. The highest BCUT2D eigenvalue weighted by Crippen LogP contribution is 2.31. The zero-order valence-corrected chi connectivity index (χ0v) is 16.0. The number of rotatable bonds is 4. The van der Waals surface area contributed by atoms with Gasteiger partial charge in [0.15, 0.2) is 0 Å². The molecule has 0 spiro atoms. The van der Waals surface area contributed by atoms with Gasteiger partial charge in [0, 0.05) is 5.69 Å². The number of amidine groups is 1. The standard InChI is InChI=1S/C19H24N2O3S/c1-12(2)17-11-19(22)14(4)10-18(17)20-15(5)21-25(23,24)16-8-6-13(3)7-9-16/h6-12,22H,1-5H3,(H,20,21). The fourth-order valence-corrected chi connectivity index (χ4v) is 3.45. The van der Waals surface area contributed by atoms with Crippen LogP contribution in [0.3, 0.4) is 0 Å². The SMILES string of the molecule is CC(=NS(=O)(=O)c1ccc(C)cc1)Nc1cc(C)c(O)cc1C(C)C. The fraction of sp³-hybridized carbons (Fsp3) is 0.316. The van der Waals surface area contributed by atoms with Crippen LogP contribution in [-0.4, -0.2) is 19.4 Å². The van der Waals surface area contributed by atoms with Gasteiger partial charge in [-0.1, -0.05) is 31.5 Å². The molecule has 0 saturated heterocycles. The second-order valence-corrected chi connectivity index (χ2v) is 8.07. The third kappa shape index (κ3) is 4.60. The number of sulfonamides is 1. The maximum absolute atomic E-state index is 12.4. The van der Waals surface area contributed by atoms with Crippen molar-refractivity contribution in [2.45, 2.75) is 45.4 Å². The molecular weight excluding hydrogens is 336 g/mol. The molecule has 2 aromatic rings. The molecule has 0 radical (unpaired) electrons.